The third-order valence-electron chi connectivity index (χ3n) is 3.74. The van der Waals surface area contributed by atoms with Crippen molar-refractivity contribution < 1.29 is 14.3 Å². The van der Waals surface area contributed by atoms with Crippen LogP contribution in [0.2, 0.25) is 5.02 Å². The van der Waals surface area contributed by atoms with E-state index in [-0.39, 0.29) is 11.2 Å². The average Bonchev–Trinajstić information content (AvgIpc) is 2.62. The summed E-state index contributed by atoms with van der Waals surface area (Å²) in [6.07, 6.45) is 0. The molecular weight excluding hydrogens is 358 g/mol. The number of hydrogen-bond donors (Lipinski definition) is 0. The number of amides is 1. The summed E-state index contributed by atoms with van der Waals surface area (Å²) < 4.78 is 10.7. The van der Waals surface area contributed by atoms with Crippen LogP contribution in [0, 0.1) is 0 Å². The minimum absolute atomic E-state index is 0.0461. The summed E-state index contributed by atoms with van der Waals surface area (Å²) in [5.41, 5.74) is 0.904. The van der Waals surface area contributed by atoms with E-state index in [1.165, 1.54) is 11.8 Å². The standard InChI is InChI=1S/C19H22ClNO3S/c1-13(25-16-10-8-15(20)9-11-16)19(22)21(2)12-14-6-5-7-17(23-3)18(14)24-4/h5-11,13H,12H2,1-4H3/t13-/m0/s1. The van der Waals surface area contributed by atoms with Crippen LogP contribution in [0.15, 0.2) is 47.4 Å². The number of carbonyl (C=O) groups excluding carboxylic acids is 1. The average molecular weight is 380 g/mol. The fraction of sp³-hybridized carbons (Fsp3) is 0.316. The lowest BCUT2D eigenvalue weighted by atomic mass is 10.1. The molecule has 0 N–H and O–H groups in total. The lowest BCUT2D eigenvalue weighted by Crippen LogP contribution is -2.32. The van der Waals surface area contributed by atoms with Gasteiger partial charge in [0.1, 0.15) is 0 Å². The molecule has 0 unspecified atom stereocenters. The van der Waals surface area contributed by atoms with Gasteiger partial charge in [-0.15, -0.1) is 11.8 Å². The molecule has 1 amide bonds. The predicted octanol–water partition coefficient (Wildman–Crippen LogP) is 4.50. The number of thioether (sulfide) groups is 1. The minimum Gasteiger partial charge on any atom is -0.493 e. The zero-order valence-corrected chi connectivity index (χ0v) is 16.4. The van der Waals surface area contributed by atoms with Gasteiger partial charge in [-0.25, -0.2) is 0 Å². The molecule has 1 atom stereocenters. The van der Waals surface area contributed by atoms with Crippen molar-refractivity contribution in [1.82, 2.24) is 4.90 Å². The Morgan fingerprint density at radius 2 is 1.84 bits per heavy atom. The predicted molar refractivity (Wildman–Crippen MR) is 103 cm³/mol. The first-order valence-corrected chi connectivity index (χ1v) is 9.09. The van der Waals surface area contributed by atoms with Crippen LogP contribution in [0.5, 0.6) is 11.5 Å². The lowest BCUT2D eigenvalue weighted by molar-refractivity contribution is -0.129. The van der Waals surface area contributed by atoms with E-state index in [9.17, 15) is 4.79 Å². The van der Waals surface area contributed by atoms with Gasteiger partial charge >= 0.3 is 0 Å². The van der Waals surface area contributed by atoms with Gasteiger partial charge in [0, 0.05) is 29.1 Å². The van der Waals surface area contributed by atoms with Gasteiger partial charge in [-0.05, 0) is 37.3 Å². The number of carbonyl (C=O) groups is 1. The molecule has 6 heteroatoms. The van der Waals surface area contributed by atoms with Crippen LogP contribution in [-0.2, 0) is 11.3 Å². The van der Waals surface area contributed by atoms with E-state index in [1.807, 2.05) is 49.4 Å². The summed E-state index contributed by atoms with van der Waals surface area (Å²) in [6.45, 7) is 2.35. The van der Waals surface area contributed by atoms with E-state index in [4.69, 9.17) is 21.1 Å². The highest BCUT2D eigenvalue weighted by molar-refractivity contribution is 8.00. The molecule has 0 spiro atoms. The summed E-state index contributed by atoms with van der Waals surface area (Å²) in [5, 5.41) is 0.480. The molecule has 134 valence electrons. The molecule has 2 aromatic carbocycles. The Labute approximate surface area is 158 Å². The SMILES string of the molecule is COc1cccc(CN(C)C(=O)[C@H](C)Sc2ccc(Cl)cc2)c1OC. The van der Waals surface area contributed by atoms with E-state index < -0.39 is 0 Å². The fourth-order valence-electron chi connectivity index (χ4n) is 2.49. The summed E-state index contributed by atoms with van der Waals surface area (Å²) in [4.78, 5) is 15.4. The normalized spacial score (nSPS) is 11.7. The van der Waals surface area contributed by atoms with Crippen LogP contribution in [0.3, 0.4) is 0 Å². The zero-order chi connectivity index (χ0) is 18.4. The number of nitrogens with zero attached hydrogens (tertiary/aromatic N) is 1. The van der Waals surface area contributed by atoms with Crippen LogP contribution in [0.1, 0.15) is 12.5 Å². The maximum Gasteiger partial charge on any atom is 0.235 e. The van der Waals surface area contributed by atoms with Gasteiger partial charge in [0.25, 0.3) is 0 Å². The molecule has 0 heterocycles. The molecule has 0 saturated heterocycles. The number of benzene rings is 2. The number of para-hydroxylation sites is 1. The molecule has 2 rings (SSSR count). The largest absolute Gasteiger partial charge is 0.493 e. The van der Waals surface area contributed by atoms with Crippen molar-refractivity contribution in [2.24, 2.45) is 0 Å². The van der Waals surface area contributed by atoms with Gasteiger partial charge in [0.15, 0.2) is 11.5 Å². The number of hydrogen-bond acceptors (Lipinski definition) is 4. The number of halogens is 1. The topological polar surface area (TPSA) is 38.8 Å². The van der Waals surface area contributed by atoms with Crippen molar-refractivity contribution in [2.75, 3.05) is 21.3 Å². The summed E-state index contributed by atoms with van der Waals surface area (Å²) in [6, 6.07) is 13.1. The van der Waals surface area contributed by atoms with Crippen LogP contribution >= 0.6 is 23.4 Å². The molecule has 0 aromatic heterocycles. The second-order valence-corrected chi connectivity index (χ2v) is 7.41. The summed E-state index contributed by atoms with van der Waals surface area (Å²) >= 11 is 7.41. The highest BCUT2D eigenvalue weighted by Gasteiger charge is 2.20. The number of rotatable bonds is 7. The third-order valence-corrected chi connectivity index (χ3v) is 5.09. The molecule has 0 aliphatic heterocycles. The maximum atomic E-state index is 12.7. The van der Waals surface area contributed by atoms with Gasteiger partial charge in [-0.2, -0.15) is 0 Å². The highest BCUT2D eigenvalue weighted by atomic mass is 35.5. The van der Waals surface area contributed by atoms with Crippen molar-refractivity contribution >= 4 is 29.3 Å². The first kappa shape index (κ1) is 19.5. The van der Waals surface area contributed by atoms with Crippen molar-refractivity contribution in [3.8, 4) is 11.5 Å². The van der Waals surface area contributed by atoms with Crippen molar-refractivity contribution in [2.45, 2.75) is 23.6 Å². The first-order chi connectivity index (χ1) is 12.0. The fourth-order valence-corrected chi connectivity index (χ4v) is 3.60. The molecular formula is C19H22ClNO3S. The lowest BCUT2D eigenvalue weighted by Gasteiger charge is -2.23. The summed E-state index contributed by atoms with van der Waals surface area (Å²) in [7, 11) is 4.99. The van der Waals surface area contributed by atoms with Crippen molar-refractivity contribution in [3.05, 3.63) is 53.1 Å². The molecule has 0 fully saturated rings. The first-order valence-electron chi connectivity index (χ1n) is 7.83. The second kappa shape index (κ2) is 9.02. The van der Waals surface area contributed by atoms with Crippen LogP contribution < -0.4 is 9.47 Å². The Kier molecular flexibility index (Phi) is 7.02. The van der Waals surface area contributed by atoms with Crippen LogP contribution in [0.25, 0.3) is 0 Å². The van der Waals surface area contributed by atoms with Gasteiger partial charge in [-0.1, -0.05) is 23.7 Å². The second-order valence-electron chi connectivity index (χ2n) is 5.56. The van der Waals surface area contributed by atoms with E-state index in [2.05, 4.69) is 0 Å². The molecule has 0 radical (unpaired) electrons. The summed E-state index contributed by atoms with van der Waals surface area (Å²) in [5.74, 6) is 1.36. The Morgan fingerprint density at radius 1 is 1.16 bits per heavy atom. The monoisotopic (exact) mass is 379 g/mol. The Hall–Kier alpha value is -1.85. The van der Waals surface area contributed by atoms with E-state index in [0.29, 0.717) is 23.1 Å². The molecule has 0 bridgehead atoms. The molecule has 0 aliphatic carbocycles. The Balaban J connectivity index is 2.06. The number of ether oxygens (including phenoxy) is 2. The molecule has 4 nitrogen and oxygen atoms in total. The maximum absolute atomic E-state index is 12.7. The van der Waals surface area contributed by atoms with E-state index in [0.717, 1.165) is 10.5 Å². The molecule has 0 saturated carbocycles. The highest BCUT2D eigenvalue weighted by Crippen LogP contribution is 2.32. The van der Waals surface area contributed by atoms with E-state index >= 15 is 0 Å². The van der Waals surface area contributed by atoms with Gasteiger partial charge < -0.3 is 14.4 Å². The molecule has 0 aliphatic rings. The van der Waals surface area contributed by atoms with Crippen LogP contribution in [-0.4, -0.2) is 37.3 Å². The quantitative estimate of drug-likeness (QED) is 0.664. The molecule has 2 aromatic rings. The smallest absolute Gasteiger partial charge is 0.235 e. The number of methoxy groups -OCH3 is 2. The van der Waals surface area contributed by atoms with Gasteiger partial charge in [0.05, 0.1) is 19.5 Å². The third kappa shape index (κ3) is 5.06. The van der Waals surface area contributed by atoms with Crippen molar-refractivity contribution in [1.29, 1.82) is 0 Å². The van der Waals surface area contributed by atoms with Crippen LogP contribution in [0.4, 0.5) is 0 Å². The zero-order valence-electron chi connectivity index (χ0n) is 14.8. The Morgan fingerprint density at radius 3 is 2.44 bits per heavy atom. The Bertz CT molecular complexity index is 721. The van der Waals surface area contributed by atoms with E-state index in [1.54, 1.807) is 26.2 Å². The minimum atomic E-state index is -0.206. The van der Waals surface area contributed by atoms with Gasteiger partial charge in [-0.3, -0.25) is 4.79 Å². The van der Waals surface area contributed by atoms with Crippen molar-refractivity contribution in [3.63, 3.8) is 0 Å². The molecule has 25 heavy (non-hydrogen) atoms. The van der Waals surface area contributed by atoms with Gasteiger partial charge in [0.2, 0.25) is 5.91 Å².